The van der Waals surface area contributed by atoms with Crippen LogP contribution in [0, 0.1) is 6.92 Å². The van der Waals surface area contributed by atoms with E-state index >= 15 is 0 Å². The van der Waals surface area contributed by atoms with Crippen molar-refractivity contribution in [2.45, 2.75) is 30.8 Å². The zero-order chi connectivity index (χ0) is 27.4. The summed E-state index contributed by atoms with van der Waals surface area (Å²) in [5.41, 5.74) is 3.17. The minimum absolute atomic E-state index is 0.109. The molecule has 5 rings (SSSR count). The number of hydrazone groups is 1. The van der Waals surface area contributed by atoms with Gasteiger partial charge in [0.15, 0.2) is 0 Å². The molecule has 39 heavy (non-hydrogen) atoms. The highest BCUT2D eigenvalue weighted by atomic mass is 32.2. The Kier molecular flexibility index (Phi) is 7.51. The number of carbonyl (C=O) groups is 1. The van der Waals surface area contributed by atoms with Crippen LogP contribution in [0.2, 0.25) is 0 Å². The summed E-state index contributed by atoms with van der Waals surface area (Å²) in [6.07, 6.45) is -0.790. The largest absolute Gasteiger partial charge is 0.487 e. The highest BCUT2D eigenvalue weighted by Crippen LogP contribution is 2.28. The first-order chi connectivity index (χ1) is 18.8. The molecule has 8 nitrogen and oxygen atoms in total. The van der Waals surface area contributed by atoms with Gasteiger partial charge in [-0.05, 0) is 53.9 Å². The van der Waals surface area contributed by atoms with Crippen LogP contribution in [0.15, 0.2) is 101 Å². The van der Waals surface area contributed by atoms with Crippen molar-refractivity contribution in [3.63, 3.8) is 0 Å². The maximum Gasteiger partial charge on any atom is 0.407 e. The van der Waals surface area contributed by atoms with Crippen molar-refractivity contribution in [1.82, 2.24) is 9.73 Å². The van der Waals surface area contributed by atoms with Crippen molar-refractivity contribution in [2.24, 2.45) is 5.10 Å². The number of rotatable bonds is 8. The van der Waals surface area contributed by atoms with Gasteiger partial charge in [0.05, 0.1) is 17.2 Å². The van der Waals surface area contributed by atoms with E-state index in [0.717, 1.165) is 21.9 Å². The molecular formula is C30H29N3O5S. The van der Waals surface area contributed by atoms with Gasteiger partial charge >= 0.3 is 6.09 Å². The quantitative estimate of drug-likeness (QED) is 0.297. The van der Waals surface area contributed by atoms with E-state index < -0.39 is 22.2 Å². The Morgan fingerprint density at radius 3 is 2.51 bits per heavy atom. The number of ether oxygens (including phenoxy) is 1. The molecule has 4 aromatic rings. The van der Waals surface area contributed by atoms with Crippen LogP contribution in [0.5, 0.6) is 5.75 Å². The van der Waals surface area contributed by atoms with E-state index in [0.29, 0.717) is 23.4 Å². The SMILES string of the molecule is Cc1ccc(S(=O)(=O)N/N=C2\C[C@H](CN(CCc3cccc4ccccc34)C(=O)O)Oc3ccccc32)cc1. The van der Waals surface area contributed by atoms with Gasteiger partial charge in [0.2, 0.25) is 0 Å². The van der Waals surface area contributed by atoms with Gasteiger partial charge in [-0.3, -0.25) is 0 Å². The van der Waals surface area contributed by atoms with E-state index in [1.165, 1.54) is 17.0 Å². The van der Waals surface area contributed by atoms with Gasteiger partial charge in [0, 0.05) is 18.5 Å². The molecule has 1 atom stereocenters. The molecule has 0 fully saturated rings. The maximum atomic E-state index is 12.8. The average molecular weight is 544 g/mol. The summed E-state index contributed by atoms with van der Waals surface area (Å²) in [4.78, 5) is 16.0. The topological polar surface area (TPSA) is 108 Å². The number of hydrogen-bond acceptors (Lipinski definition) is 5. The Morgan fingerprint density at radius 1 is 1.00 bits per heavy atom. The molecule has 1 aliphatic rings. The number of benzene rings is 4. The van der Waals surface area contributed by atoms with Gasteiger partial charge in [-0.15, -0.1) is 0 Å². The second kappa shape index (κ2) is 11.2. The number of sulfonamides is 1. The predicted octanol–water partition coefficient (Wildman–Crippen LogP) is 5.20. The molecule has 0 aliphatic carbocycles. The van der Waals surface area contributed by atoms with Gasteiger partial charge in [-0.2, -0.15) is 18.4 Å². The fraction of sp³-hybridized carbons (Fsp3) is 0.200. The van der Waals surface area contributed by atoms with Crippen molar-refractivity contribution in [1.29, 1.82) is 0 Å². The standard InChI is InChI=1S/C30H29N3O5S/c1-21-13-15-25(16-14-21)39(36,37)32-31-28-19-24(38-29-12-5-4-11-27(28)29)20-33(30(34)35)18-17-23-9-6-8-22-7-2-3-10-26(22)23/h2-16,24,32H,17-20H2,1H3,(H,34,35)/b31-28+/t24-/m1/s1. The number of hydrogen-bond donors (Lipinski definition) is 2. The summed E-state index contributed by atoms with van der Waals surface area (Å²) in [5.74, 6) is 0.529. The molecule has 0 spiro atoms. The van der Waals surface area contributed by atoms with E-state index in [9.17, 15) is 18.3 Å². The Hall–Kier alpha value is -4.37. The third-order valence-corrected chi connectivity index (χ3v) is 7.99. The number of para-hydroxylation sites is 1. The van der Waals surface area contributed by atoms with Crippen LogP contribution in [0.3, 0.4) is 0 Å². The van der Waals surface area contributed by atoms with E-state index in [4.69, 9.17) is 4.74 Å². The molecule has 1 heterocycles. The van der Waals surface area contributed by atoms with E-state index in [1.54, 1.807) is 24.3 Å². The fourth-order valence-corrected chi connectivity index (χ4v) is 5.55. The molecule has 9 heteroatoms. The van der Waals surface area contributed by atoms with Gasteiger partial charge in [-0.25, -0.2) is 4.79 Å². The summed E-state index contributed by atoms with van der Waals surface area (Å²) in [5, 5.41) is 16.4. The van der Waals surface area contributed by atoms with Crippen molar-refractivity contribution in [3.05, 3.63) is 108 Å². The molecule has 0 radical (unpaired) electrons. The summed E-state index contributed by atoms with van der Waals surface area (Å²) >= 11 is 0. The lowest BCUT2D eigenvalue weighted by atomic mass is 9.99. The minimum atomic E-state index is -3.87. The van der Waals surface area contributed by atoms with E-state index in [2.05, 4.69) is 9.93 Å². The smallest absolute Gasteiger partial charge is 0.407 e. The first-order valence-corrected chi connectivity index (χ1v) is 14.1. The second-order valence-corrected chi connectivity index (χ2v) is 11.2. The molecule has 0 aromatic heterocycles. The lowest BCUT2D eigenvalue weighted by Crippen LogP contribution is -2.43. The number of amides is 1. The number of aryl methyl sites for hydroxylation is 1. The molecule has 0 saturated heterocycles. The molecule has 1 amide bonds. The second-order valence-electron chi connectivity index (χ2n) is 9.52. The summed E-state index contributed by atoms with van der Waals surface area (Å²) in [6.45, 7) is 2.28. The summed E-state index contributed by atoms with van der Waals surface area (Å²) in [6, 6.07) is 27.8. The van der Waals surface area contributed by atoms with Crippen LogP contribution in [0.25, 0.3) is 10.8 Å². The van der Waals surface area contributed by atoms with Gasteiger partial charge in [-0.1, -0.05) is 72.3 Å². The first-order valence-electron chi connectivity index (χ1n) is 12.7. The lowest BCUT2D eigenvalue weighted by molar-refractivity contribution is 0.109. The van der Waals surface area contributed by atoms with Crippen molar-refractivity contribution >= 4 is 32.6 Å². The molecule has 4 aromatic carbocycles. The highest BCUT2D eigenvalue weighted by molar-refractivity contribution is 7.89. The van der Waals surface area contributed by atoms with E-state index in [1.807, 2.05) is 61.5 Å². The third kappa shape index (κ3) is 6.04. The van der Waals surface area contributed by atoms with Crippen molar-refractivity contribution < 1.29 is 23.1 Å². The number of carboxylic acid groups (broad SMARTS) is 1. The monoisotopic (exact) mass is 543 g/mol. The van der Waals surface area contributed by atoms with Crippen LogP contribution in [-0.2, 0) is 16.4 Å². The van der Waals surface area contributed by atoms with Crippen LogP contribution in [0.1, 0.15) is 23.1 Å². The molecule has 0 bridgehead atoms. The van der Waals surface area contributed by atoms with Crippen LogP contribution in [0.4, 0.5) is 4.79 Å². The molecule has 0 unspecified atom stereocenters. The molecular weight excluding hydrogens is 514 g/mol. The third-order valence-electron chi connectivity index (χ3n) is 6.77. The average Bonchev–Trinajstić information content (AvgIpc) is 2.94. The molecule has 1 aliphatic heterocycles. The lowest BCUT2D eigenvalue weighted by Gasteiger charge is -2.31. The molecule has 200 valence electrons. The molecule has 0 saturated carbocycles. The van der Waals surface area contributed by atoms with Crippen LogP contribution in [-0.4, -0.2) is 49.4 Å². The minimum Gasteiger partial charge on any atom is -0.487 e. The van der Waals surface area contributed by atoms with Gasteiger partial charge in [0.25, 0.3) is 10.0 Å². The first kappa shape index (κ1) is 26.2. The summed E-state index contributed by atoms with van der Waals surface area (Å²) in [7, 11) is -3.87. The van der Waals surface area contributed by atoms with Crippen LogP contribution >= 0.6 is 0 Å². The number of nitrogens with zero attached hydrogens (tertiary/aromatic N) is 2. The predicted molar refractivity (Wildman–Crippen MR) is 151 cm³/mol. The van der Waals surface area contributed by atoms with Crippen molar-refractivity contribution in [3.8, 4) is 5.75 Å². The number of fused-ring (bicyclic) bond motifs is 2. The Morgan fingerprint density at radius 2 is 1.72 bits per heavy atom. The van der Waals surface area contributed by atoms with Crippen LogP contribution < -0.4 is 9.57 Å². The Labute approximate surface area is 227 Å². The normalized spacial score (nSPS) is 15.9. The summed E-state index contributed by atoms with van der Waals surface area (Å²) < 4.78 is 31.8. The van der Waals surface area contributed by atoms with Gasteiger partial charge in [0.1, 0.15) is 11.9 Å². The van der Waals surface area contributed by atoms with E-state index in [-0.39, 0.29) is 24.4 Å². The highest BCUT2D eigenvalue weighted by Gasteiger charge is 2.29. The molecule has 2 N–H and O–H groups in total. The number of nitrogens with one attached hydrogen (secondary N) is 1. The maximum absolute atomic E-state index is 12.8. The zero-order valence-electron chi connectivity index (χ0n) is 21.4. The Bertz CT molecular complexity index is 1630. The fourth-order valence-electron chi connectivity index (χ4n) is 4.72. The van der Waals surface area contributed by atoms with Crippen molar-refractivity contribution in [2.75, 3.05) is 13.1 Å². The Balaban J connectivity index is 1.33. The van der Waals surface area contributed by atoms with Gasteiger partial charge < -0.3 is 14.7 Å². The zero-order valence-corrected chi connectivity index (χ0v) is 22.3.